The highest BCUT2D eigenvalue weighted by atomic mass is 14.5. The van der Waals surface area contributed by atoms with Crippen LogP contribution in [0.4, 0.5) is 5.69 Å². The molecular formula is C18H19N. The van der Waals surface area contributed by atoms with E-state index < -0.39 is 0 Å². The van der Waals surface area contributed by atoms with E-state index >= 15 is 0 Å². The van der Waals surface area contributed by atoms with E-state index in [1.165, 1.54) is 32.7 Å². The predicted octanol–water partition coefficient (Wildman–Crippen LogP) is 5.01. The average Bonchev–Trinajstić information content (AvgIpc) is 2.50. The summed E-state index contributed by atoms with van der Waals surface area (Å²) in [6, 6.07) is 15.2. The van der Waals surface area contributed by atoms with Crippen molar-refractivity contribution >= 4 is 27.2 Å². The average molecular weight is 249 g/mol. The smallest absolute Gasteiger partial charge is 0.0320 e. The molecule has 1 nitrogen and oxygen atoms in total. The lowest BCUT2D eigenvalue weighted by molar-refractivity contribution is 0.869. The minimum atomic E-state index is 0.529. The van der Waals surface area contributed by atoms with Gasteiger partial charge >= 0.3 is 0 Å². The Hall–Kier alpha value is -2.02. The highest BCUT2D eigenvalue weighted by Crippen LogP contribution is 2.32. The lowest BCUT2D eigenvalue weighted by Gasteiger charge is -2.01. The molecule has 96 valence electrons. The van der Waals surface area contributed by atoms with Gasteiger partial charge in [-0.3, -0.25) is 0 Å². The molecule has 3 aromatic carbocycles. The second-order valence-corrected chi connectivity index (χ2v) is 5.64. The summed E-state index contributed by atoms with van der Waals surface area (Å²) in [7, 11) is 0. The van der Waals surface area contributed by atoms with Crippen LogP contribution in [0.15, 0.2) is 42.5 Å². The van der Waals surface area contributed by atoms with Gasteiger partial charge in [0.2, 0.25) is 0 Å². The van der Waals surface area contributed by atoms with E-state index in [2.05, 4.69) is 57.2 Å². The Balaban J connectivity index is 2.57. The van der Waals surface area contributed by atoms with E-state index in [-0.39, 0.29) is 0 Å². The monoisotopic (exact) mass is 249 g/mol. The van der Waals surface area contributed by atoms with Crippen molar-refractivity contribution in [2.45, 2.75) is 26.7 Å². The summed E-state index contributed by atoms with van der Waals surface area (Å²) in [4.78, 5) is 0. The minimum absolute atomic E-state index is 0.529. The first-order valence-corrected chi connectivity index (χ1v) is 6.79. The molecule has 0 amide bonds. The largest absolute Gasteiger partial charge is 0.399 e. The number of hydrogen-bond acceptors (Lipinski definition) is 1. The van der Waals surface area contributed by atoms with Gasteiger partial charge in [-0.15, -0.1) is 0 Å². The molecule has 0 fully saturated rings. The molecule has 0 saturated heterocycles. The Morgan fingerprint density at radius 1 is 0.895 bits per heavy atom. The Labute approximate surface area is 114 Å². The second-order valence-electron chi connectivity index (χ2n) is 5.64. The number of rotatable bonds is 1. The third-order valence-corrected chi connectivity index (χ3v) is 3.85. The molecule has 0 heterocycles. The number of nitrogens with two attached hydrogens (primary N) is 1. The number of hydrogen-bond donors (Lipinski definition) is 1. The normalized spacial score (nSPS) is 11.6. The molecule has 0 aromatic heterocycles. The van der Waals surface area contributed by atoms with Crippen LogP contribution in [0, 0.1) is 6.92 Å². The Bertz CT molecular complexity index is 769. The molecule has 0 unspecified atom stereocenters. The summed E-state index contributed by atoms with van der Waals surface area (Å²) >= 11 is 0. The topological polar surface area (TPSA) is 26.0 Å². The summed E-state index contributed by atoms with van der Waals surface area (Å²) in [6.45, 7) is 6.65. The third kappa shape index (κ3) is 1.95. The number of anilines is 1. The van der Waals surface area contributed by atoms with E-state index in [1.54, 1.807) is 0 Å². The standard InChI is InChI=1S/C18H19N/c1-11(2)13-4-5-15-9-16(19)7-6-14-8-12(3)17(10-13)18(14)15/h4-11H,19H2,1-3H3. The van der Waals surface area contributed by atoms with Gasteiger partial charge in [0.15, 0.2) is 0 Å². The summed E-state index contributed by atoms with van der Waals surface area (Å²) in [5, 5.41) is 5.15. The minimum Gasteiger partial charge on any atom is -0.399 e. The molecule has 0 radical (unpaired) electrons. The molecular weight excluding hydrogens is 230 g/mol. The zero-order valence-corrected chi connectivity index (χ0v) is 11.7. The molecule has 0 bridgehead atoms. The van der Waals surface area contributed by atoms with Crippen molar-refractivity contribution in [2.24, 2.45) is 0 Å². The highest BCUT2D eigenvalue weighted by molar-refractivity contribution is 6.12. The SMILES string of the molecule is Cc1cc2ccc(N)cc3ccc(C(C)C)cc1c32. The van der Waals surface area contributed by atoms with Crippen LogP contribution in [0.1, 0.15) is 30.9 Å². The second kappa shape index (κ2) is 4.27. The van der Waals surface area contributed by atoms with Crippen LogP contribution in [0.25, 0.3) is 21.5 Å². The van der Waals surface area contributed by atoms with Crippen molar-refractivity contribution in [3.05, 3.63) is 53.6 Å². The first-order valence-electron chi connectivity index (χ1n) is 6.79. The lowest BCUT2D eigenvalue weighted by atomic mass is 10.0. The highest BCUT2D eigenvalue weighted by Gasteiger charge is 2.07. The van der Waals surface area contributed by atoms with E-state index in [9.17, 15) is 0 Å². The Kier molecular flexibility index (Phi) is 2.70. The summed E-state index contributed by atoms with van der Waals surface area (Å²) in [5.74, 6) is 0.529. The van der Waals surface area contributed by atoms with Gasteiger partial charge < -0.3 is 5.73 Å². The lowest BCUT2D eigenvalue weighted by Crippen LogP contribution is -1.82. The van der Waals surface area contributed by atoms with Gasteiger partial charge in [0.25, 0.3) is 0 Å². The molecule has 3 rings (SSSR count). The van der Waals surface area contributed by atoms with E-state index in [4.69, 9.17) is 5.73 Å². The van der Waals surface area contributed by atoms with Crippen molar-refractivity contribution in [3.63, 3.8) is 0 Å². The zero-order valence-electron chi connectivity index (χ0n) is 11.7. The fraction of sp³-hybridized carbons (Fsp3) is 0.222. The number of aryl methyl sites for hydroxylation is 1. The van der Waals surface area contributed by atoms with Crippen molar-refractivity contribution in [1.29, 1.82) is 0 Å². The van der Waals surface area contributed by atoms with Crippen molar-refractivity contribution < 1.29 is 0 Å². The summed E-state index contributed by atoms with van der Waals surface area (Å²) < 4.78 is 0. The van der Waals surface area contributed by atoms with Gasteiger partial charge in [-0.2, -0.15) is 0 Å². The van der Waals surface area contributed by atoms with Gasteiger partial charge in [-0.1, -0.05) is 44.2 Å². The third-order valence-electron chi connectivity index (χ3n) is 3.85. The zero-order chi connectivity index (χ0) is 13.6. The maximum atomic E-state index is 6.00. The molecule has 1 heteroatoms. The molecule has 0 aliphatic heterocycles. The van der Waals surface area contributed by atoms with Crippen LogP contribution in [0.2, 0.25) is 0 Å². The maximum Gasteiger partial charge on any atom is 0.0320 e. The molecule has 2 N–H and O–H groups in total. The van der Waals surface area contributed by atoms with Crippen LogP contribution >= 0.6 is 0 Å². The predicted molar refractivity (Wildman–Crippen MR) is 84.7 cm³/mol. The quantitative estimate of drug-likeness (QED) is 0.644. The molecule has 0 saturated carbocycles. The van der Waals surface area contributed by atoms with Crippen LogP contribution in [-0.4, -0.2) is 0 Å². The van der Waals surface area contributed by atoms with Crippen molar-refractivity contribution in [2.75, 3.05) is 5.73 Å². The van der Waals surface area contributed by atoms with Gasteiger partial charge in [0.05, 0.1) is 0 Å². The van der Waals surface area contributed by atoms with Crippen molar-refractivity contribution in [1.82, 2.24) is 0 Å². The molecule has 19 heavy (non-hydrogen) atoms. The van der Waals surface area contributed by atoms with Crippen LogP contribution < -0.4 is 5.73 Å². The first kappa shape index (κ1) is 12.0. The maximum absolute atomic E-state index is 6.00. The van der Waals surface area contributed by atoms with Gasteiger partial charge in [-0.05, 0) is 57.6 Å². The van der Waals surface area contributed by atoms with Gasteiger partial charge in [-0.25, -0.2) is 0 Å². The molecule has 0 spiro atoms. The molecule has 0 atom stereocenters. The Morgan fingerprint density at radius 3 is 2.32 bits per heavy atom. The van der Waals surface area contributed by atoms with Crippen LogP contribution in [-0.2, 0) is 0 Å². The summed E-state index contributed by atoms with van der Waals surface area (Å²) in [6.07, 6.45) is 0. The summed E-state index contributed by atoms with van der Waals surface area (Å²) in [5.41, 5.74) is 9.52. The molecule has 3 aromatic rings. The van der Waals surface area contributed by atoms with E-state index in [0.717, 1.165) is 5.69 Å². The molecule has 0 aliphatic carbocycles. The fourth-order valence-electron chi connectivity index (χ4n) is 2.75. The van der Waals surface area contributed by atoms with E-state index in [0.29, 0.717) is 5.92 Å². The Morgan fingerprint density at radius 2 is 1.58 bits per heavy atom. The fourth-order valence-corrected chi connectivity index (χ4v) is 2.75. The van der Waals surface area contributed by atoms with Gasteiger partial charge in [0, 0.05) is 5.69 Å². The first-order chi connectivity index (χ1) is 9.06. The van der Waals surface area contributed by atoms with E-state index in [1.807, 2.05) is 6.07 Å². The van der Waals surface area contributed by atoms with Crippen LogP contribution in [0.5, 0.6) is 0 Å². The number of nitrogen functional groups attached to an aromatic ring is 1. The van der Waals surface area contributed by atoms with Gasteiger partial charge in [0.1, 0.15) is 0 Å². The van der Waals surface area contributed by atoms with Crippen molar-refractivity contribution in [3.8, 4) is 0 Å². The van der Waals surface area contributed by atoms with Crippen LogP contribution in [0.3, 0.4) is 0 Å². The molecule has 0 aliphatic rings.